The zero-order valence-electron chi connectivity index (χ0n) is 19.7. The van der Waals surface area contributed by atoms with Gasteiger partial charge in [0.25, 0.3) is 0 Å². The minimum absolute atomic E-state index is 0.179. The van der Waals surface area contributed by atoms with E-state index in [0.717, 1.165) is 41.3 Å². The summed E-state index contributed by atoms with van der Waals surface area (Å²) < 4.78 is 33.8. The molecule has 2 aromatic carbocycles. The van der Waals surface area contributed by atoms with E-state index in [0.29, 0.717) is 24.4 Å². The van der Waals surface area contributed by atoms with E-state index >= 15 is 0 Å². The van der Waals surface area contributed by atoms with Gasteiger partial charge in [-0.1, -0.05) is 31.6 Å². The van der Waals surface area contributed by atoms with Crippen LogP contribution in [0.3, 0.4) is 0 Å². The highest BCUT2D eigenvalue weighted by molar-refractivity contribution is 7.89. The summed E-state index contributed by atoms with van der Waals surface area (Å²) in [5.74, 6) is -0.0813. The van der Waals surface area contributed by atoms with Crippen molar-refractivity contribution in [3.05, 3.63) is 48.0 Å². The van der Waals surface area contributed by atoms with E-state index < -0.39 is 16.0 Å². The number of carbonyl (C=O) groups excluding carboxylic acids is 1. The van der Waals surface area contributed by atoms with Crippen molar-refractivity contribution in [1.82, 2.24) is 9.29 Å². The van der Waals surface area contributed by atoms with E-state index in [1.807, 2.05) is 26.0 Å². The average molecular weight is 502 g/mol. The Kier molecular flexibility index (Phi) is 7.85. The normalized spacial score (nSPS) is 14.6. The van der Waals surface area contributed by atoms with Crippen molar-refractivity contribution in [1.29, 1.82) is 0 Å². The van der Waals surface area contributed by atoms with Gasteiger partial charge < -0.3 is 9.64 Å². The minimum atomic E-state index is -3.58. The van der Waals surface area contributed by atoms with Crippen LogP contribution in [0.15, 0.2) is 47.4 Å². The van der Waals surface area contributed by atoms with E-state index in [2.05, 4.69) is 4.90 Å². The molecule has 0 radical (unpaired) electrons. The second kappa shape index (κ2) is 10.8. The molecule has 7 nitrogen and oxygen atoms in total. The van der Waals surface area contributed by atoms with Crippen LogP contribution in [0.5, 0.6) is 5.75 Å². The number of sulfonamides is 1. The fraction of sp³-hybridized carbons (Fsp3) is 0.440. The molecule has 1 aliphatic rings. The quantitative estimate of drug-likeness (QED) is 0.292. The molecule has 0 bridgehead atoms. The van der Waals surface area contributed by atoms with Crippen LogP contribution in [0, 0.1) is 0 Å². The van der Waals surface area contributed by atoms with Crippen LogP contribution in [-0.2, 0) is 10.0 Å². The van der Waals surface area contributed by atoms with E-state index in [9.17, 15) is 13.2 Å². The smallest absolute Gasteiger partial charge is 0.343 e. The first kappa shape index (κ1) is 24.6. The predicted octanol–water partition coefficient (Wildman–Crippen LogP) is 5.32. The Bertz CT molecular complexity index is 1230. The Morgan fingerprint density at radius 2 is 1.82 bits per heavy atom. The third-order valence-corrected chi connectivity index (χ3v) is 9.09. The number of hydrogen-bond acceptors (Lipinski definition) is 7. The number of rotatable bonds is 9. The Hall–Kier alpha value is -2.49. The second-order valence-corrected chi connectivity index (χ2v) is 11.4. The molecule has 9 heteroatoms. The summed E-state index contributed by atoms with van der Waals surface area (Å²) in [4.78, 5) is 19.9. The van der Waals surface area contributed by atoms with Gasteiger partial charge in [0.05, 0.1) is 20.7 Å². The number of esters is 1. The highest BCUT2D eigenvalue weighted by Crippen LogP contribution is 2.33. The molecule has 0 aliphatic carbocycles. The van der Waals surface area contributed by atoms with Crippen molar-refractivity contribution in [2.45, 2.75) is 50.8 Å². The van der Waals surface area contributed by atoms with E-state index in [-0.39, 0.29) is 4.90 Å². The maximum Gasteiger partial charge on any atom is 0.343 e. The van der Waals surface area contributed by atoms with Crippen LogP contribution < -0.4 is 9.64 Å². The number of nitrogens with zero attached hydrogens (tertiary/aromatic N) is 3. The SMILES string of the molecule is CCCCN(CC)S(=O)(=O)c1ccc(C(=O)Oc2ccc3nc(N4CCCCC4)sc3c2)cc1. The Morgan fingerprint density at radius 1 is 1.09 bits per heavy atom. The summed E-state index contributed by atoms with van der Waals surface area (Å²) in [6, 6.07) is 11.4. The Morgan fingerprint density at radius 3 is 2.50 bits per heavy atom. The Labute approximate surface area is 205 Å². The first-order chi connectivity index (χ1) is 16.4. The minimum Gasteiger partial charge on any atom is -0.423 e. The zero-order chi connectivity index (χ0) is 24.1. The molecule has 0 saturated carbocycles. The molecule has 1 aliphatic heterocycles. The maximum atomic E-state index is 12.9. The van der Waals surface area contributed by atoms with Gasteiger partial charge in [-0.05, 0) is 62.1 Å². The monoisotopic (exact) mass is 501 g/mol. The number of ether oxygens (including phenoxy) is 1. The lowest BCUT2D eigenvalue weighted by atomic mass is 10.1. The number of fused-ring (bicyclic) bond motifs is 1. The lowest BCUT2D eigenvalue weighted by Gasteiger charge is -2.25. The molecule has 1 aromatic heterocycles. The number of unbranched alkanes of at least 4 members (excludes halogenated alkanes) is 1. The van der Waals surface area contributed by atoms with Crippen LogP contribution in [-0.4, -0.2) is 49.9 Å². The van der Waals surface area contributed by atoms with Gasteiger partial charge in [0.2, 0.25) is 10.0 Å². The molecule has 0 N–H and O–H groups in total. The number of anilines is 1. The fourth-order valence-electron chi connectivity index (χ4n) is 4.04. The van der Waals surface area contributed by atoms with Crippen molar-refractivity contribution in [2.75, 3.05) is 31.1 Å². The van der Waals surface area contributed by atoms with Crippen LogP contribution in [0.4, 0.5) is 5.13 Å². The number of piperidine rings is 1. The first-order valence-corrected chi connectivity index (χ1v) is 14.2. The molecule has 1 fully saturated rings. The van der Waals surface area contributed by atoms with Crippen LogP contribution in [0.25, 0.3) is 10.2 Å². The number of carbonyl (C=O) groups is 1. The highest BCUT2D eigenvalue weighted by Gasteiger charge is 2.23. The van der Waals surface area contributed by atoms with Crippen LogP contribution in [0.1, 0.15) is 56.3 Å². The third-order valence-electron chi connectivity index (χ3n) is 6.03. The van der Waals surface area contributed by atoms with Gasteiger partial charge in [0, 0.05) is 32.2 Å². The van der Waals surface area contributed by atoms with Crippen molar-refractivity contribution in [2.24, 2.45) is 0 Å². The lowest BCUT2D eigenvalue weighted by molar-refractivity contribution is 0.0735. The van der Waals surface area contributed by atoms with Crippen molar-refractivity contribution < 1.29 is 17.9 Å². The molecule has 4 rings (SSSR count). The van der Waals surface area contributed by atoms with Gasteiger partial charge in [-0.3, -0.25) is 0 Å². The average Bonchev–Trinajstić information content (AvgIpc) is 3.28. The number of benzene rings is 2. The fourth-order valence-corrected chi connectivity index (χ4v) is 6.57. The van der Waals surface area contributed by atoms with Gasteiger partial charge in [-0.2, -0.15) is 4.31 Å². The van der Waals surface area contributed by atoms with Gasteiger partial charge >= 0.3 is 5.97 Å². The standard InChI is InChI=1S/C25H31N3O4S2/c1-3-5-17-28(4-2)34(30,31)21-12-9-19(10-13-21)24(29)32-20-11-14-22-23(18-20)33-25(26-22)27-15-7-6-8-16-27/h9-14,18H,3-8,15-17H2,1-2H3. The maximum absolute atomic E-state index is 12.9. The predicted molar refractivity (Wildman–Crippen MR) is 136 cm³/mol. The summed E-state index contributed by atoms with van der Waals surface area (Å²) in [7, 11) is -3.58. The summed E-state index contributed by atoms with van der Waals surface area (Å²) >= 11 is 1.61. The van der Waals surface area contributed by atoms with Crippen molar-refractivity contribution >= 4 is 42.7 Å². The molecule has 0 atom stereocenters. The topological polar surface area (TPSA) is 79.8 Å². The molecule has 1 saturated heterocycles. The molecule has 34 heavy (non-hydrogen) atoms. The first-order valence-electron chi connectivity index (χ1n) is 11.9. The van der Waals surface area contributed by atoms with E-state index in [4.69, 9.17) is 9.72 Å². The summed E-state index contributed by atoms with van der Waals surface area (Å²) in [5, 5.41) is 1.01. The van der Waals surface area contributed by atoms with Crippen molar-refractivity contribution in [3.8, 4) is 5.75 Å². The largest absolute Gasteiger partial charge is 0.423 e. The van der Waals surface area contributed by atoms with E-state index in [1.165, 1.54) is 47.8 Å². The second-order valence-electron chi connectivity index (χ2n) is 8.44. The molecule has 0 spiro atoms. The van der Waals surface area contributed by atoms with Gasteiger partial charge in [0.1, 0.15) is 5.75 Å². The summed E-state index contributed by atoms with van der Waals surface area (Å²) in [5.41, 5.74) is 1.19. The van der Waals surface area contributed by atoms with Crippen LogP contribution in [0.2, 0.25) is 0 Å². The molecule has 0 unspecified atom stereocenters. The van der Waals surface area contributed by atoms with Crippen molar-refractivity contribution in [3.63, 3.8) is 0 Å². The summed E-state index contributed by atoms with van der Waals surface area (Å²) in [6.07, 6.45) is 5.37. The third kappa shape index (κ3) is 5.42. The summed E-state index contributed by atoms with van der Waals surface area (Å²) in [6.45, 7) is 6.81. The molecular formula is C25H31N3O4S2. The molecule has 0 amide bonds. The Balaban J connectivity index is 1.46. The molecule has 182 valence electrons. The molecular weight excluding hydrogens is 470 g/mol. The van der Waals surface area contributed by atoms with E-state index in [1.54, 1.807) is 17.4 Å². The zero-order valence-corrected chi connectivity index (χ0v) is 21.3. The number of thiazole rings is 1. The molecule has 3 aromatic rings. The highest BCUT2D eigenvalue weighted by atomic mass is 32.2. The van der Waals surface area contributed by atoms with Crippen LogP contribution >= 0.6 is 11.3 Å². The van der Waals surface area contributed by atoms with Gasteiger partial charge in [0.15, 0.2) is 5.13 Å². The number of hydrogen-bond donors (Lipinski definition) is 0. The van der Waals surface area contributed by atoms with Gasteiger partial charge in [-0.25, -0.2) is 18.2 Å². The lowest BCUT2D eigenvalue weighted by Crippen LogP contribution is -2.31. The number of aromatic nitrogens is 1. The van der Waals surface area contributed by atoms with Gasteiger partial charge in [-0.15, -0.1) is 0 Å². The molecule has 2 heterocycles.